The van der Waals surface area contributed by atoms with E-state index in [1.54, 1.807) is 0 Å². The number of hydrogen-bond donors (Lipinski definition) is 4. The van der Waals surface area contributed by atoms with Gasteiger partial charge in [0.05, 0.1) is 6.42 Å². The standard InChI is InChI=1S/C10H17NO6/c1-6(12)8(13)3-2-4-11-7(10(16)17)5-9(14)15/h7-8,11,13H,2-5H2,1H3,(H,14,15)(H,16,17)/t7-,8?/m0/s1. The SMILES string of the molecule is CC(=O)C(O)CCCN[C@@H](CC(=O)O)C(=O)O. The number of aliphatic carboxylic acids is 2. The number of aliphatic hydroxyl groups excluding tert-OH is 1. The smallest absolute Gasteiger partial charge is 0.321 e. The molecule has 0 spiro atoms. The Labute approximate surface area is 98.4 Å². The van der Waals surface area contributed by atoms with Crippen LogP contribution in [0.1, 0.15) is 26.2 Å². The molecule has 0 amide bonds. The summed E-state index contributed by atoms with van der Waals surface area (Å²) in [5.74, 6) is -2.78. The topological polar surface area (TPSA) is 124 Å². The van der Waals surface area contributed by atoms with Crippen molar-refractivity contribution < 1.29 is 29.7 Å². The Morgan fingerprint density at radius 3 is 2.24 bits per heavy atom. The van der Waals surface area contributed by atoms with Crippen molar-refractivity contribution in [1.29, 1.82) is 0 Å². The number of carbonyl (C=O) groups excluding carboxylic acids is 1. The zero-order chi connectivity index (χ0) is 13.4. The predicted octanol–water partition coefficient (Wildman–Crippen LogP) is -0.766. The van der Waals surface area contributed by atoms with Crippen molar-refractivity contribution in [3.8, 4) is 0 Å². The van der Waals surface area contributed by atoms with Crippen molar-refractivity contribution in [3.05, 3.63) is 0 Å². The summed E-state index contributed by atoms with van der Waals surface area (Å²) in [6.45, 7) is 1.50. The predicted molar refractivity (Wildman–Crippen MR) is 57.6 cm³/mol. The van der Waals surface area contributed by atoms with Crippen LogP contribution in [0.3, 0.4) is 0 Å². The van der Waals surface area contributed by atoms with Gasteiger partial charge in [0.15, 0.2) is 5.78 Å². The largest absolute Gasteiger partial charge is 0.481 e. The molecule has 98 valence electrons. The number of carbonyl (C=O) groups is 3. The van der Waals surface area contributed by atoms with E-state index in [2.05, 4.69) is 5.32 Å². The highest BCUT2D eigenvalue weighted by atomic mass is 16.4. The van der Waals surface area contributed by atoms with Crippen molar-refractivity contribution in [2.24, 2.45) is 0 Å². The van der Waals surface area contributed by atoms with Gasteiger partial charge in [0.25, 0.3) is 0 Å². The van der Waals surface area contributed by atoms with Gasteiger partial charge in [-0.1, -0.05) is 0 Å². The zero-order valence-electron chi connectivity index (χ0n) is 9.55. The second-order valence-corrected chi connectivity index (χ2v) is 3.71. The molecule has 7 nitrogen and oxygen atoms in total. The molecule has 0 rings (SSSR count). The Morgan fingerprint density at radius 1 is 1.24 bits per heavy atom. The van der Waals surface area contributed by atoms with E-state index in [-0.39, 0.29) is 18.7 Å². The summed E-state index contributed by atoms with van der Waals surface area (Å²) in [4.78, 5) is 31.7. The molecule has 0 aromatic carbocycles. The summed E-state index contributed by atoms with van der Waals surface area (Å²) in [5.41, 5.74) is 0. The lowest BCUT2D eigenvalue weighted by Gasteiger charge is -2.12. The molecule has 0 bridgehead atoms. The maximum absolute atomic E-state index is 10.7. The first kappa shape index (κ1) is 15.5. The summed E-state index contributed by atoms with van der Waals surface area (Å²) in [6.07, 6.45) is -0.934. The van der Waals surface area contributed by atoms with Crippen molar-refractivity contribution in [3.63, 3.8) is 0 Å². The maximum Gasteiger partial charge on any atom is 0.321 e. The molecule has 7 heteroatoms. The Kier molecular flexibility index (Phi) is 7.08. The van der Waals surface area contributed by atoms with Crippen LogP contribution in [0.2, 0.25) is 0 Å². The number of carboxylic acids is 2. The first-order chi connectivity index (χ1) is 7.84. The molecule has 0 aromatic rings. The molecule has 0 aliphatic carbocycles. The van der Waals surface area contributed by atoms with Crippen LogP contribution in [0.25, 0.3) is 0 Å². The van der Waals surface area contributed by atoms with E-state index in [4.69, 9.17) is 15.3 Å². The third-order valence-corrected chi connectivity index (χ3v) is 2.19. The molecule has 0 aliphatic heterocycles. The van der Waals surface area contributed by atoms with E-state index in [0.717, 1.165) is 0 Å². The van der Waals surface area contributed by atoms with E-state index < -0.39 is 30.5 Å². The van der Waals surface area contributed by atoms with Gasteiger partial charge in [0.2, 0.25) is 0 Å². The molecule has 0 aromatic heterocycles. The third-order valence-electron chi connectivity index (χ3n) is 2.19. The number of aliphatic hydroxyl groups is 1. The van der Waals surface area contributed by atoms with Crippen LogP contribution in [0.15, 0.2) is 0 Å². The summed E-state index contributed by atoms with van der Waals surface area (Å²) >= 11 is 0. The van der Waals surface area contributed by atoms with Gasteiger partial charge >= 0.3 is 11.9 Å². The van der Waals surface area contributed by atoms with Crippen LogP contribution in [0.4, 0.5) is 0 Å². The number of rotatable bonds is 9. The number of carboxylic acid groups (broad SMARTS) is 2. The van der Waals surface area contributed by atoms with Gasteiger partial charge in [-0.05, 0) is 26.3 Å². The average molecular weight is 247 g/mol. The van der Waals surface area contributed by atoms with Crippen LogP contribution in [-0.2, 0) is 14.4 Å². The number of nitrogens with one attached hydrogen (secondary N) is 1. The second kappa shape index (κ2) is 7.75. The highest BCUT2D eigenvalue weighted by Gasteiger charge is 2.20. The van der Waals surface area contributed by atoms with Crippen LogP contribution >= 0.6 is 0 Å². The molecule has 0 radical (unpaired) electrons. The minimum absolute atomic E-state index is 0.224. The molecule has 0 aliphatic rings. The molecule has 0 saturated carbocycles. The van der Waals surface area contributed by atoms with Gasteiger partial charge in [0, 0.05) is 0 Å². The minimum Gasteiger partial charge on any atom is -0.481 e. The lowest BCUT2D eigenvalue weighted by Crippen LogP contribution is -2.39. The van der Waals surface area contributed by atoms with Gasteiger partial charge in [-0.3, -0.25) is 14.4 Å². The van der Waals surface area contributed by atoms with Crippen LogP contribution in [-0.4, -0.2) is 51.7 Å². The van der Waals surface area contributed by atoms with Crippen LogP contribution < -0.4 is 5.32 Å². The average Bonchev–Trinajstić information content (AvgIpc) is 2.21. The Balaban J connectivity index is 3.87. The van der Waals surface area contributed by atoms with Crippen molar-refractivity contribution in [2.75, 3.05) is 6.54 Å². The van der Waals surface area contributed by atoms with E-state index >= 15 is 0 Å². The first-order valence-corrected chi connectivity index (χ1v) is 5.21. The van der Waals surface area contributed by atoms with Crippen molar-refractivity contribution >= 4 is 17.7 Å². The highest BCUT2D eigenvalue weighted by Crippen LogP contribution is 1.99. The van der Waals surface area contributed by atoms with Gasteiger partial charge in [-0.15, -0.1) is 0 Å². The Bertz CT molecular complexity index is 291. The fourth-order valence-electron chi connectivity index (χ4n) is 1.20. The first-order valence-electron chi connectivity index (χ1n) is 5.21. The molecule has 4 N–H and O–H groups in total. The Hall–Kier alpha value is -1.47. The molecule has 17 heavy (non-hydrogen) atoms. The van der Waals surface area contributed by atoms with Gasteiger partial charge in [-0.2, -0.15) is 0 Å². The molecule has 2 atom stereocenters. The summed E-state index contributed by atoms with van der Waals surface area (Å²) in [7, 11) is 0. The number of ketones is 1. The van der Waals surface area contributed by atoms with E-state index in [9.17, 15) is 14.4 Å². The summed E-state index contributed by atoms with van der Waals surface area (Å²) < 4.78 is 0. The van der Waals surface area contributed by atoms with Gasteiger partial charge in [-0.25, -0.2) is 0 Å². The van der Waals surface area contributed by atoms with Gasteiger partial charge in [0.1, 0.15) is 12.1 Å². The van der Waals surface area contributed by atoms with Crippen LogP contribution in [0.5, 0.6) is 0 Å². The second-order valence-electron chi connectivity index (χ2n) is 3.71. The van der Waals surface area contributed by atoms with Crippen molar-refractivity contribution in [1.82, 2.24) is 5.32 Å². The van der Waals surface area contributed by atoms with Crippen molar-refractivity contribution in [2.45, 2.75) is 38.3 Å². The highest BCUT2D eigenvalue weighted by molar-refractivity contribution is 5.80. The maximum atomic E-state index is 10.7. The molecule has 0 fully saturated rings. The fourth-order valence-corrected chi connectivity index (χ4v) is 1.20. The molecule has 1 unspecified atom stereocenters. The number of Topliss-reactive ketones (excluding diaryl/α,β-unsaturated/α-hetero) is 1. The monoisotopic (exact) mass is 247 g/mol. The zero-order valence-corrected chi connectivity index (χ0v) is 9.55. The molecular weight excluding hydrogens is 230 g/mol. The third kappa shape index (κ3) is 7.42. The molecular formula is C10H17NO6. The minimum atomic E-state index is -1.24. The summed E-state index contributed by atoms with van der Waals surface area (Å²) in [5, 5.41) is 28.9. The van der Waals surface area contributed by atoms with E-state index in [0.29, 0.717) is 6.42 Å². The fraction of sp³-hybridized carbons (Fsp3) is 0.700. The lowest BCUT2D eigenvalue weighted by molar-refractivity contribution is -0.145. The normalized spacial score (nSPS) is 14.0. The lowest BCUT2D eigenvalue weighted by atomic mass is 10.1. The van der Waals surface area contributed by atoms with E-state index in [1.165, 1.54) is 6.92 Å². The molecule has 0 saturated heterocycles. The van der Waals surface area contributed by atoms with E-state index in [1.807, 2.05) is 0 Å². The van der Waals surface area contributed by atoms with Gasteiger partial charge < -0.3 is 20.6 Å². The molecule has 0 heterocycles. The Morgan fingerprint density at radius 2 is 1.82 bits per heavy atom. The van der Waals surface area contributed by atoms with Crippen LogP contribution in [0, 0.1) is 0 Å². The summed E-state index contributed by atoms with van der Waals surface area (Å²) in [6, 6.07) is -1.15. The quantitative estimate of drug-likeness (QED) is 0.394. The number of hydrogen-bond acceptors (Lipinski definition) is 5.